The van der Waals surface area contributed by atoms with Crippen molar-refractivity contribution in [1.29, 1.82) is 0 Å². The van der Waals surface area contributed by atoms with Crippen molar-refractivity contribution in [2.24, 2.45) is 0 Å². The lowest BCUT2D eigenvalue weighted by molar-refractivity contribution is -0.153. The highest BCUT2D eigenvalue weighted by Gasteiger charge is 2.29. The normalized spacial score (nSPS) is 12.3. The number of carboxylic acid groups (broad SMARTS) is 1. The molecule has 0 bridgehead atoms. The monoisotopic (exact) mass is 349 g/mol. The lowest BCUT2D eigenvalue weighted by atomic mass is 10.2. The van der Waals surface area contributed by atoms with Crippen molar-refractivity contribution in [3.05, 3.63) is 24.3 Å². The second-order valence-corrected chi connectivity index (χ2v) is 5.04. The molecule has 0 heterocycles. The zero-order valence-electron chi connectivity index (χ0n) is 12.9. The molecule has 0 radical (unpaired) electrons. The zero-order valence-corrected chi connectivity index (χ0v) is 12.9. The minimum Gasteiger partial charge on any atom is -0.481 e. The standard InChI is InChI=1S/C15H18F3NO5/c1-10(6-7-14(21)22)19-13(20)8-23-11-4-2-3-5-12(11)24-9-15(16,17)18/h2-5,10H,6-9H2,1H3,(H,19,20)(H,21,22). The third kappa shape index (κ3) is 8.25. The van der Waals surface area contributed by atoms with Gasteiger partial charge in [0.15, 0.2) is 24.7 Å². The van der Waals surface area contributed by atoms with E-state index in [0.29, 0.717) is 0 Å². The third-order valence-corrected chi connectivity index (χ3v) is 2.80. The summed E-state index contributed by atoms with van der Waals surface area (Å²) in [6.45, 7) is -0.253. The van der Waals surface area contributed by atoms with Crippen molar-refractivity contribution < 1.29 is 37.3 Å². The summed E-state index contributed by atoms with van der Waals surface area (Å²) in [5, 5.41) is 11.1. The summed E-state index contributed by atoms with van der Waals surface area (Å²) in [6.07, 6.45) is -4.31. The first-order chi connectivity index (χ1) is 11.2. The van der Waals surface area contributed by atoms with Gasteiger partial charge in [-0.3, -0.25) is 9.59 Å². The average Bonchev–Trinajstić information content (AvgIpc) is 2.49. The number of carboxylic acids is 1. The van der Waals surface area contributed by atoms with E-state index in [1.807, 2.05) is 0 Å². The molecule has 1 amide bonds. The van der Waals surface area contributed by atoms with E-state index in [0.717, 1.165) is 0 Å². The molecule has 0 aliphatic rings. The van der Waals surface area contributed by atoms with Gasteiger partial charge in [0.1, 0.15) is 0 Å². The SMILES string of the molecule is CC(CCC(=O)O)NC(=O)COc1ccccc1OCC(F)(F)F. The molecular formula is C15H18F3NO5. The Bertz CT molecular complexity index is 562. The van der Waals surface area contributed by atoms with Gasteiger partial charge in [-0.25, -0.2) is 0 Å². The first-order valence-electron chi connectivity index (χ1n) is 7.10. The number of aliphatic carboxylic acids is 1. The molecular weight excluding hydrogens is 331 g/mol. The number of carbonyl (C=O) groups is 2. The summed E-state index contributed by atoms with van der Waals surface area (Å²) in [5.41, 5.74) is 0. The number of para-hydroxylation sites is 2. The molecule has 134 valence electrons. The van der Waals surface area contributed by atoms with Crippen LogP contribution in [-0.2, 0) is 9.59 Å². The number of rotatable bonds is 9. The minimum atomic E-state index is -4.48. The van der Waals surface area contributed by atoms with Gasteiger partial charge in [0.25, 0.3) is 5.91 Å². The number of alkyl halides is 3. The van der Waals surface area contributed by atoms with Crippen molar-refractivity contribution >= 4 is 11.9 Å². The highest BCUT2D eigenvalue weighted by Crippen LogP contribution is 2.28. The zero-order chi connectivity index (χ0) is 18.2. The highest BCUT2D eigenvalue weighted by molar-refractivity contribution is 5.78. The summed E-state index contributed by atoms with van der Waals surface area (Å²) in [5.74, 6) is -1.60. The summed E-state index contributed by atoms with van der Waals surface area (Å²) in [7, 11) is 0. The van der Waals surface area contributed by atoms with Gasteiger partial charge in [-0.2, -0.15) is 13.2 Å². The largest absolute Gasteiger partial charge is 0.481 e. The molecule has 0 saturated carbocycles. The average molecular weight is 349 g/mol. The molecule has 0 aromatic heterocycles. The molecule has 1 aromatic rings. The van der Waals surface area contributed by atoms with E-state index in [2.05, 4.69) is 10.1 Å². The number of benzene rings is 1. The Morgan fingerprint density at radius 3 is 2.33 bits per heavy atom. The first-order valence-corrected chi connectivity index (χ1v) is 7.10. The van der Waals surface area contributed by atoms with Crippen molar-refractivity contribution in [3.8, 4) is 11.5 Å². The van der Waals surface area contributed by atoms with Crippen LogP contribution in [0.3, 0.4) is 0 Å². The van der Waals surface area contributed by atoms with Gasteiger partial charge in [0.05, 0.1) is 0 Å². The van der Waals surface area contributed by atoms with E-state index in [9.17, 15) is 22.8 Å². The van der Waals surface area contributed by atoms with Crippen LogP contribution in [0.4, 0.5) is 13.2 Å². The van der Waals surface area contributed by atoms with Crippen molar-refractivity contribution in [1.82, 2.24) is 5.32 Å². The van der Waals surface area contributed by atoms with Crippen LogP contribution in [0.15, 0.2) is 24.3 Å². The van der Waals surface area contributed by atoms with Crippen molar-refractivity contribution in [2.75, 3.05) is 13.2 Å². The van der Waals surface area contributed by atoms with Gasteiger partial charge in [0, 0.05) is 12.5 Å². The fourth-order valence-corrected chi connectivity index (χ4v) is 1.72. The Morgan fingerprint density at radius 1 is 1.21 bits per heavy atom. The van der Waals surface area contributed by atoms with Crippen molar-refractivity contribution in [2.45, 2.75) is 32.0 Å². The van der Waals surface area contributed by atoms with Crippen LogP contribution in [0.2, 0.25) is 0 Å². The van der Waals surface area contributed by atoms with Gasteiger partial charge in [-0.1, -0.05) is 12.1 Å². The topological polar surface area (TPSA) is 84.9 Å². The van der Waals surface area contributed by atoms with Crippen molar-refractivity contribution in [3.63, 3.8) is 0 Å². The summed E-state index contributed by atoms with van der Waals surface area (Å²) >= 11 is 0. The molecule has 24 heavy (non-hydrogen) atoms. The first kappa shape index (κ1) is 19.6. The number of ether oxygens (including phenoxy) is 2. The lowest BCUT2D eigenvalue weighted by Crippen LogP contribution is -2.36. The smallest absolute Gasteiger partial charge is 0.422 e. The van der Waals surface area contributed by atoms with E-state index < -0.39 is 31.3 Å². The molecule has 1 aromatic carbocycles. The highest BCUT2D eigenvalue weighted by atomic mass is 19.4. The number of halogens is 3. The number of hydrogen-bond acceptors (Lipinski definition) is 4. The molecule has 6 nitrogen and oxygen atoms in total. The molecule has 1 unspecified atom stereocenters. The van der Waals surface area contributed by atoms with Crippen LogP contribution in [-0.4, -0.2) is 42.4 Å². The Morgan fingerprint density at radius 2 is 1.79 bits per heavy atom. The van der Waals surface area contributed by atoms with Gasteiger partial charge >= 0.3 is 12.1 Å². The van der Waals surface area contributed by atoms with E-state index in [1.54, 1.807) is 6.92 Å². The Hall–Kier alpha value is -2.45. The fraction of sp³-hybridized carbons (Fsp3) is 0.467. The predicted molar refractivity (Wildman–Crippen MR) is 78.0 cm³/mol. The molecule has 0 aliphatic carbocycles. The summed E-state index contributed by atoms with van der Waals surface area (Å²) in [4.78, 5) is 22.1. The molecule has 0 spiro atoms. The number of amides is 1. The van der Waals surface area contributed by atoms with Crippen LogP contribution in [0.5, 0.6) is 11.5 Å². The molecule has 9 heteroatoms. The second-order valence-electron chi connectivity index (χ2n) is 5.04. The fourth-order valence-electron chi connectivity index (χ4n) is 1.72. The molecule has 0 saturated heterocycles. The van der Waals surface area contributed by atoms with Crippen LogP contribution in [0, 0.1) is 0 Å². The van der Waals surface area contributed by atoms with Crippen LogP contribution < -0.4 is 14.8 Å². The van der Waals surface area contributed by atoms with Crippen LogP contribution >= 0.6 is 0 Å². The maximum Gasteiger partial charge on any atom is 0.422 e. The van der Waals surface area contributed by atoms with Crippen LogP contribution in [0.1, 0.15) is 19.8 Å². The number of nitrogens with one attached hydrogen (secondary N) is 1. The van der Waals surface area contributed by atoms with Gasteiger partial charge in [-0.05, 0) is 25.5 Å². The van der Waals surface area contributed by atoms with E-state index >= 15 is 0 Å². The van der Waals surface area contributed by atoms with E-state index in [-0.39, 0.29) is 30.4 Å². The van der Waals surface area contributed by atoms with Gasteiger partial charge in [-0.15, -0.1) is 0 Å². The third-order valence-electron chi connectivity index (χ3n) is 2.80. The molecule has 0 aliphatic heterocycles. The summed E-state index contributed by atoms with van der Waals surface area (Å²) < 4.78 is 46.4. The number of carbonyl (C=O) groups excluding carboxylic acids is 1. The maximum absolute atomic E-state index is 12.2. The number of hydrogen-bond donors (Lipinski definition) is 2. The quantitative estimate of drug-likeness (QED) is 0.715. The Kier molecular flexibility index (Phi) is 7.34. The summed E-state index contributed by atoms with van der Waals surface area (Å²) in [6, 6.07) is 5.32. The second kappa shape index (κ2) is 8.99. The molecule has 1 atom stereocenters. The van der Waals surface area contributed by atoms with Gasteiger partial charge < -0.3 is 19.9 Å². The maximum atomic E-state index is 12.2. The molecule has 0 fully saturated rings. The van der Waals surface area contributed by atoms with E-state index in [1.165, 1.54) is 24.3 Å². The van der Waals surface area contributed by atoms with Crippen LogP contribution in [0.25, 0.3) is 0 Å². The lowest BCUT2D eigenvalue weighted by Gasteiger charge is -2.15. The molecule has 2 N–H and O–H groups in total. The van der Waals surface area contributed by atoms with Gasteiger partial charge in [0.2, 0.25) is 0 Å². The Labute approximate surface area is 136 Å². The molecule has 1 rings (SSSR count). The predicted octanol–water partition coefficient (Wildman–Crippen LogP) is 2.38. The van der Waals surface area contributed by atoms with E-state index in [4.69, 9.17) is 9.84 Å². The Balaban J connectivity index is 2.49. The minimum absolute atomic E-state index is 0.00934.